The van der Waals surface area contributed by atoms with Gasteiger partial charge in [0.1, 0.15) is 0 Å². The maximum absolute atomic E-state index is 12.7. The Bertz CT molecular complexity index is 699. The molecule has 0 bridgehead atoms. The number of likely N-dealkylation sites (N-methyl/N-ethyl adjacent to an activating group) is 1. The van der Waals surface area contributed by atoms with E-state index in [2.05, 4.69) is 23.0 Å². The van der Waals surface area contributed by atoms with Gasteiger partial charge in [0.05, 0.1) is 15.1 Å². The van der Waals surface area contributed by atoms with Crippen molar-refractivity contribution >= 4 is 27.5 Å². The predicted octanol–water partition coefficient (Wildman–Crippen LogP) is 2.95. The van der Waals surface area contributed by atoms with Gasteiger partial charge in [-0.15, -0.1) is 11.3 Å². The second kappa shape index (κ2) is 5.63. The Labute approximate surface area is 134 Å². The maximum Gasteiger partial charge on any atom is 0.264 e. The number of piperazine rings is 1. The molecule has 0 aromatic carbocycles. The minimum absolute atomic E-state index is 0.177. The largest absolute Gasteiger partial charge is 0.335 e. The van der Waals surface area contributed by atoms with Crippen LogP contribution in [0.2, 0.25) is 0 Å². The second-order valence-corrected chi connectivity index (χ2v) is 7.50. The fraction of sp³-hybridized carbons (Fsp3) is 0.529. The van der Waals surface area contributed by atoms with E-state index in [9.17, 15) is 4.79 Å². The highest BCUT2D eigenvalue weighted by Gasteiger charge is 2.25. The molecule has 22 heavy (non-hydrogen) atoms. The van der Waals surface area contributed by atoms with Crippen molar-refractivity contribution in [2.24, 2.45) is 0 Å². The summed E-state index contributed by atoms with van der Waals surface area (Å²) in [6.07, 6.45) is 5.78. The summed E-state index contributed by atoms with van der Waals surface area (Å²) in [6.45, 7) is 3.57. The Morgan fingerprint density at radius 2 is 2.05 bits per heavy atom. The molecule has 1 aliphatic carbocycles. The Kier molecular flexibility index (Phi) is 3.62. The molecule has 0 N–H and O–H groups in total. The Morgan fingerprint density at radius 3 is 2.73 bits per heavy atom. The van der Waals surface area contributed by atoms with Crippen LogP contribution in [0, 0.1) is 0 Å². The van der Waals surface area contributed by atoms with E-state index in [-0.39, 0.29) is 5.91 Å². The Hall–Kier alpha value is -1.46. The first kappa shape index (κ1) is 14.2. The third-order valence-corrected chi connectivity index (χ3v) is 6.15. The highest BCUT2D eigenvalue weighted by Crippen LogP contribution is 2.41. The number of carbonyl (C=O) groups excluding carboxylic acids is 1. The van der Waals surface area contributed by atoms with E-state index in [0.29, 0.717) is 5.92 Å². The molecule has 3 heterocycles. The van der Waals surface area contributed by atoms with Crippen molar-refractivity contribution in [2.75, 3.05) is 33.2 Å². The van der Waals surface area contributed by atoms with Crippen LogP contribution in [0.25, 0.3) is 10.2 Å². The van der Waals surface area contributed by atoms with Crippen LogP contribution in [0.15, 0.2) is 18.3 Å². The van der Waals surface area contributed by atoms with Gasteiger partial charge in [0.2, 0.25) is 0 Å². The summed E-state index contributed by atoms with van der Waals surface area (Å²) in [5.41, 5.74) is 2.39. The molecule has 2 aliphatic rings. The van der Waals surface area contributed by atoms with Crippen molar-refractivity contribution in [3.8, 4) is 0 Å². The molecule has 1 aliphatic heterocycles. The first-order chi connectivity index (χ1) is 10.7. The molecular formula is C17H21N3OS. The van der Waals surface area contributed by atoms with Crippen molar-refractivity contribution < 1.29 is 4.79 Å². The van der Waals surface area contributed by atoms with Gasteiger partial charge in [-0.1, -0.05) is 6.42 Å². The Balaban J connectivity index is 1.63. The van der Waals surface area contributed by atoms with Crippen molar-refractivity contribution in [1.29, 1.82) is 0 Å². The van der Waals surface area contributed by atoms with E-state index in [1.807, 2.05) is 17.2 Å². The lowest BCUT2D eigenvalue weighted by Gasteiger charge is -2.32. The molecule has 0 radical (unpaired) electrons. The molecule has 5 heteroatoms. The number of amides is 1. The number of hydrogen-bond donors (Lipinski definition) is 0. The quantitative estimate of drug-likeness (QED) is 0.855. The van der Waals surface area contributed by atoms with Gasteiger partial charge >= 0.3 is 0 Å². The molecule has 2 fully saturated rings. The zero-order chi connectivity index (χ0) is 15.1. The fourth-order valence-electron chi connectivity index (χ4n) is 3.27. The standard InChI is InChI=1S/C17H21N3OS/c1-19-7-9-20(10-8-19)17(21)15-11-14-16(22-15)13(5-6-18-14)12-3-2-4-12/h5-6,11-12H,2-4,7-10H2,1H3. The van der Waals surface area contributed by atoms with Crippen molar-refractivity contribution in [3.63, 3.8) is 0 Å². The molecule has 116 valence electrons. The lowest BCUT2D eigenvalue weighted by Crippen LogP contribution is -2.46. The first-order valence-corrected chi connectivity index (χ1v) is 8.90. The zero-order valence-corrected chi connectivity index (χ0v) is 13.7. The van der Waals surface area contributed by atoms with E-state index < -0.39 is 0 Å². The van der Waals surface area contributed by atoms with Crippen molar-refractivity contribution in [2.45, 2.75) is 25.2 Å². The molecular weight excluding hydrogens is 294 g/mol. The first-order valence-electron chi connectivity index (χ1n) is 8.08. The number of rotatable bonds is 2. The third kappa shape index (κ3) is 2.42. The molecule has 4 nitrogen and oxygen atoms in total. The van der Waals surface area contributed by atoms with Crippen LogP contribution in [0.1, 0.15) is 40.4 Å². The number of fused-ring (bicyclic) bond motifs is 1. The van der Waals surface area contributed by atoms with Gasteiger partial charge in [0.15, 0.2) is 0 Å². The van der Waals surface area contributed by atoms with Crippen LogP contribution in [0.5, 0.6) is 0 Å². The molecule has 1 amide bonds. The SMILES string of the molecule is CN1CCN(C(=O)c2cc3nccc(C4CCC4)c3s2)CC1. The van der Waals surface area contributed by atoms with Gasteiger partial charge in [-0.25, -0.2) is 0 Å². The predicted molar refractivity (Wildman–Crippen MR) is 89.6 cm³/mol. The number of pyridine rings is 1. The minimum Gasteiger partial charge on any atom is -0.335 e. The molecule has 1 saturated heterocycles. The Morgan fingerprint density at radius 1 is 1.27 bits per heavy atom. The zero-order valence-electron chi connectivity index (χ0n) is 12.9. The van der Waals surface area contributed by atoms with Gasteiger partial charge in [-0.2, -0.15) is 0 Å². The summed E-state index contributed by atoms with van der Waals surface area (Å²) >= 11 is 1.64. The molecule has 0 unspecified atom stereocenters. The monoisotopic (exact) mass is 315 g/mol. The van der Waals surface area contributed by atoms with Crippen LogP contribution in [-0.2, 0) is 0 Å². The number of aromatic nitrogens is 1. The summed E-state index contributed by atoms with van der Waals surface area (Å²) < 4.78 is 1.23. The average Bonchev–Trinajstić information content (AvgIpc) is 2.90. The van der Waals surface area contributed by atoms with E-state index in [0.717, 1.165) is 36.6 Å². The lowest BCUT2D eigenvalue weighted by atomic mass is 9.80. The van der Waals surface area contributed by atoms with Crippen LogP contribution in [-0.4, -0.2) is 53.9 Å². The second-order valence-electron chi connectivity index (χ2n) is 6.45. The van der Waals surface area contributed by atoms with Crippen LogP contribution in [0.4, 0.5) is 0 Å². The maximum atomic E-state index is 12.7. The summed E-state index contributed by atoms with van der Waals surface area (Å²) in [7, 11) is 2.11. The molecule has 1 saturated carbocycles. The van der Waals surface area contributed by atoms with Gasteiger partial charge in [-0.05, 0) is 43.5 Å². The topological polar surface area (TPSA) is 36.4 Å². The van der Waals surface area contributed by atoms with Crippen molar-refractivity contribution in [1.82, 2.24) is 14.8 Å². The molecule has 4 rings (SSSR count). The van der Waals surface area contributed by atoms with Gasteiger partial charge in [0, 0.05) is 32.4 Å². The molecule has 2 aromatic rings. The highest BCUT2D eigenvalue weighted by atomic mass is 32.1. The summed E-state index contributed by atoms with van der Waals surface area (Å²) in [5, 5.41) is 0. The number of nitrogens with zero attached hydrogens (tertiary/aromatic N) is 3. The van der Waals surface area contributed by atoms with Crippen LogP contribution in [0.3, 0.4) is 0 Å². The number of carbonyl (C=O) groups is 1. The minimum atomic E-state index is 0.177. The number of hydrogen-bond acceptors (Lipinski definition) is 4. The van der Waals surface area contributed by atoms with E-state index in [1.54, 1.807) is 11.3 Å². The third-order valence-electron chi connectivity index (χ3n) is 4.99. The van der Waals surface area contributed by atoms with E-state index >= 15 is 0 Å². The van der Waals surface area contributed by atoms with Gasteiger partial charge in [-0.3, -0.25) is 9.78 Å². The van der Waals surface area contributed by atoms with E-state index in [1.165, 1.54) is 29.5 Å². The highest BCUT2D eigenvalue weighted by molar-refractivity contribution is 7.21. The van der Waals surface area contributed by atoms with Crippen LogP contribution >= 0.6 is 11.3 Å². The summed E-state index contributed by atoms with van der Waals surface area (Å²) in [4.78, 5) is 22.3. The molecule has 0 spiro atoms. The molecule has 0 atom stereocenters. The lowest BCUT2D eigenvalue weighted by molar-refractivity contribution is 0.0669. The normalized spacial score (nSPS) is 20.3. The average molecular weight is 315 g/mol. The van der Waals surface area contributed by atoms with E-state index in [4.69, 9.17) is 0 Å². The van der Waals surface area contributed by atoms with Gasteiger partial charge in [0.25, 0.3) is 5.91 Å². The summed E-state index contributed by atoms with van der Waals surface area (Å²) in [5.74, 6) is 0.853. The number of thiophene rings is 1. The molecule has 2 aromatic heterocycles. The van der Waals surface area contributed by atoms with Crippen molar-refractivity contribution in [3.05, 3.63) is 28.8 Å². The van der Waals surface area contributed by atoms with Gasteiger partial charge < -0.3 is 9.80 Å². The summed E-state index contributed by atoms with van der Waals surface area (Å²) in [6, 6.07) is 4.13. The smallest absolute Gasteiger partial charge is 0.264 e. The van der Waals surface area contributed by atoms with Crippen LogP contribution < -0.4 is 0 Å². The fourth-order valence-corrected chi connectivity index (χ4v) is 4.44.